The minimum Gasteiger partial charge on any atom is -0.467 e. The highest BCUT2D eigenvalue weighted by Crippen LogP contribution is 2.33. The molecule has 0 aliphatic carbocycles. The predicted octanol–water partition coefficient (Wildman–Crippen LogP) is 4.60. The minimum atomic E-state index is -0.0395. The summed E-state index contributed by atoms with van der Waals surface area (Å²) in [5.74, 6) is 2.65. The first kappa shape index (κ1) is 22.7. The number of aromatic nitrogens is 1. The van der Waals surface area contributed by atoms with E-state index in [9.17, 15) is 4.79 Å². The number of benzene rings is 2. The minimum absolute atomic E-state index is 0.0179. The molecule has 5 rings (SSSR count). The van der Waals surface area contributed by atoms with E-state index >= 15 is 0 Å². The summed E-state index contributed by atoms with van der Waals surface area (Å²) in [7, 11) is 0. The Labute approximate surface area is 204 Å². The average Bonchev–Trinajstić information content (AvgIpc) is 3.39. The van der Waals surface area contributed by atoms with Crippen LogP contribution in [0.5, 0.6) is 17.4 Å². The molecule has 0 radical (unpaired) electrons. The first-order valence-electron chi connectivity index (χ1n) is 11.9. The van der Waals surface area contributed by atoms with Gasteiger partial charge in [0.15, 0.2) is 18.1 Å². The molecule has 0 atom stereocenters. The molecule has 35 heavy (non-hydrogen) atoms. The van der Waals surface area contributed by atoms with Gasteiger partial charge < -0.3 is 19.1 Å². The molecular formula is C28H27N3O4. The van der Waals surface area contributed by atoms with E-state index < -0.39 is 0 Å². The van der Waals surface area contributed by atoms with Crippen molar-refractivity contribution < 1.29 is 19.0 Å². The Morgan fingerprint density at radius 1 is 1.09 bits per heavy atom. The largest absolute Gasteiger partial charge is 0.467 e. The second-order valence-corrected chi connectivity index (χ2v) is 8.88. The monoisotopic (exact) mass is 469 g/mol. The van der Waals surface area contributed by atoms with Crippen LogP contribution in [0.25, 0.3) is 11.1 Å². The molecule has 0 saturated carbocycles. The predicted molar refractivity (Wildman–Crippen MR) is 130 cm³/mol. The standard InChI is InChI=1S/C28H27N3O4/c29-17-22-5-8-23(9-6-22)24-2-1-13-30-28(24)33-18-27(32)31-14-11-20(12-15-31)3-4-21-7-10-25-26(16-21)35-19-34-25/h1-2,5-10,13,16,20H,3-4,11-12,14-15,18-19H2. The maximum absolute atomic E-state index is 12.8. The summed E-state index contributed by atoms with van der Waals surface area (Å²) in [6.45, 7) is 1.76. The molecule has 1 saturated heterocycles. The number of nitriles is 1. The molecule has 7 nitrogen and oxygen atoms in total. The number of amides is 1. The number of hydrogen-bond acceptors (Lipinski definition) is 6. The van der Waals surface area contributed by atoms with Crippen molar-refractivity contribution in [1.82, 2.24) is 9.88 Å². The summed E-state index contributed by atoms with van der Waals surface area (Å²) in [6, 6.07) is 19.2. The zero-order valence-corrected chi connectivity index (χ0v) is 19.5. The number of piperidine rings is 1. The van der Waals surface area contributed by atoms with Crippen LogP contribution in [0.15, 0.2) is 60.8 Å². The molecule has 1 aromatic heterocycles. The highest BCUT2D eigenvalue weighted by atomic mass is 16.7. The number of rotatable bonds is 7. The van der Waals surface area contributed by atoms with Crippen molar-refractivity contribution in [2.75, 3.05) is 26.5 Å². The third-order valence-electron chi connectivity index (χ3n) is 6.67. The Morgan fingerprint density at radius 2 is 1.89 bits per heavy atom. The second-order valence-electron chi connectivity index (χ2n) is 8.88. The molecule has 3 aromatic rings. The molecule has 1 fully saturated rings. The van der Waals surface area contributed by atoms with Crippen molar-refractivity contribution in [3.63, 3.8) is 0 Å². The van der Waals surface area contributed by atoms with Crippen LogP contribution in [0.3, 0.4) is 0 Å². The quantitative estimate of drug-likeness (QED) is 0.503. The molecule has 0 unspecified atom stereocenters. The number of likely N-dealkylation sites (tertiary alicyclic amines) is 1. The molecule has 2 aromatic carbocycles. The van der Waals surface area contributed by atoms with Gasteiger partial charge in [0.2, 0.25) is 12.7 Å². The lowest BCUT2D eigenvalue weighted by Crippen LogP contribution is -2.41. The number of ether oxygens (including phenoxy) is 3. The molecule has 2 aliphatic heterocycles. The van der Waals surface area contributed by atoms with Crippen LogP contribution in [0.1, 0.15) is 30.4 Å². The summed E-state index contributed by atoms with van der Waals surface area (Å²) < 4.78 is 16.7. The number of pyridine rings is 1. The maximum atomic E-state index is 12.8. The summed E-state index contributed by atoms with van der Waals surface area (Å²) in [6.07, 6.45) is 5.74. The highest BCUT2D eigenvalue weighted by molar-refractivity contribution is 5.78. The van der Waals surface area contributed by atoms with Gasteiger partial charge in [-0.15, -0.1) is 0 Å². The van der Waals surface area contributed by atoms with Gasteiger partial charge in [0.25, 0.3) is 5.91 Å². The van der Waals surface area contributed by atoms with E-state index in [4.69, 9.17) is 19.5 Å². The zero-order valence-electron chi connectivity index (χ0n) is 19.5. The van der Waals surface area contributed by atoms with E-state index in [0.29, 0.717) is 24.2 Å². The van der Waals surface area contributed by atoms with Crippen molar-refractivity contribution in [3.05, 3.63) is 71.9 Å². The van der Waals surface area contributed by atoms with E-state index in [1.807, 2.05) is 35.2 Å². The van der Waals surface area contributed by atoms with Gasteiger partial charge in [0.1, 0.15) is 0 Å². The lowest BCUT2D eigenvalue weighted by molar-refractivity contribution is -0.134. The summed E-state index contributed by atoms with van der Waals surface area (Å²) in [5, 5.41) is 9.01. The van der Waals surface area contributed by atoms with Gasteiger partial charge in [0, 0.05) is 24.8 Å². The Balaban J connectivity index is 1.10. The van der Waals surface area contributed by atoms with Crippen molar-refractivity contribution >= 4 is 5.91 Å². The fourth-order valence-corrected chi connectivity index (χ4v) is 4.61. The number of nitrogens with zero attached hydrogens (tertiary/aromatic N) is 3. The number of carbonyl (C=O) groups is 1. The van der Waals surface area contributed by atoms with Gasteiger partial charge in [0.05, 0.1) is 11.6 Å². The Kier molecular flexibility index (Phi) is 6.80. The zero-order chi connectivity index (χ0) is 24.0. The molecule has 178 valence electrons. The average molecular weight is 470 g/mol. The van der Waals surface area contributed by atoms with Gasteiger partial charge in [-0.3, -0.25) is 4.79 Å². The van der Waals surface area contributed by atoms with Crippen LogP contribution in [-0.2, 0) is 11.2 Å². The van der Waals surface area contributed by atoms with Crippen LogP contribution >= 0.6 is 0 Å². The first-order chi connectivity index (χ1) is 17.2. The van der Waals surface area contributed by atoms with Crippen molar-refractivity contribution in [2.45, 2.75) is 25.7 Å². The number of fused-ring (bicyclic) bond motifs is 1. The summed E-state index contributed by atoms with van der Waals surface area (Å²) >= 11 is 0. The fraction of sp³-hybridized carbons (Fsp3) is 0.321. The highest BCUT2D eigenvalue weighted by Gasteiger charge is 2.24. The normalized spacial score (nSPS) is 15.0. The van der Waals surface area contributed by atoms with Gasteiger partial charge in [-0.1, -0.05) is 18.2 Å². The Morgan fingerprint density at radius 3 is 2.69 bits per heavy atom. The Hall–Kier alpha value is -4.05. The summed E-state index contributed by atoms with van der Waals surface area (Å²) in [4.78, 5) is 19.0. The van der Waals surface area contributed by atoms with Crippen LogP contribution in [0, 0.1) is 17.2 Å². The van der Waals surface area contributed by atoms with E-state index in [-0.39, 0.29) is 12.5 Å². The van der Waals surface area contributed by atoms with Gasteiger partial charge in [-0.25, -0.2) is 4.98 Å². The molecule has 7 heteroatoms. The van der Waals surface area contributed by atoms with E-state index in [0.717, 1.165) is 61.4 Å². The lowest BCUT2D eigenvalue weighted by Gasteiger charge is -2.32. The van der Waals surface area contributed by atoms with Gasteiger partial charge in [-0.05, 0) is 79.1 Å². The van der Waals surface area contributed by atoms with Crippen LogP contribution in [0.2, 0.25) is 0 Å². The van der Waals surface area contributed by atoms with Crippen LogP contribution < -0.4 is 14.2 Å². The third kappa shape index (κ3) is 5.38. The second kappa shape index (κ2) is 10.5. The van der Waals surface area contributed by atoms with E-state index in [1.54, 1.807) is 18.3 Å². The van der Waals surface area contributed by atoms with Crippen molar-refractivity contribution in [3.8, 4) is 34.6 Å². The molecular weight excluding hydrogens is 442 g/mol. The Bertz CT molecular complexity index is 1230. The van der Waals surface area contributed by atoms with Crippen LogP contribution in [-0.4, -0.2) is 42.3 Å². The molecule has 0 bridgehead atoms. The number of hydrogen-bond donors (Lipinski definition) is 0. The van der Waals surface area contributed by atoms with Gasteiger partial charge in [-0.2, -0.15) is 5.26 Å². The lowest BCUT2D eigenvalue weighted by atomic mass is 9.90. The fourth-order valence-electron chi connectivity index (χ4n) is 4.61. The third-order valence-corrected chi connectivity index (χ3v) is 6.67. The van der Waals surface area contributed by atoms with Crippen molar-refractivity contribution in [2.24, 2.45) is 5.92 Å². The molecule has 0 spiro atoms. The molecule has 2 aliphatic rings. The SMILES string of the molecule is N#Cc1ccc(-c2cccnc2OCC(=O)N2CCC(CCc3ccc4c(c3)OCO4)CC2)cc1. The van der Waals surface area contributed by atoms with E-state index in [2.05, 4.69) is 23.2 Å². The number of carbonyl (C=O) groups excluding carboxylic acids is 1. The molecule has 1 amide bonds. The topological polar surface area (TPSA) is 84.7 Å². The number of aryl methyl sites for hydroxylation is 1. The van der Waals surface area contributed by atoms with Crippen molar-refractivity contribution in [1.29, 1.82) is 5.26 Å². The van der Waals surface area contributed by atoms with Gasteiger partial charge >= 0.3 is 0 Å². The molecule has 3 heterocycles. The maximum Gasteiger partial charge on any atom is 0.260 e. The smallest absolute Gasteiger partial charge is 0.260 e. The summed E-state index contributed by atoms with van der Waals surface area (Å²) in [5.41, 5.74) is 3.54. The van der Waals surface area contributed by atoms with E-state index in [1.165, 1.54) is 5.56 Å². The first-order valence-corrected chi connectivity index (χ1v) is 11.9. The molecule has 0 N–H and O–H groups in total. The van der Waals surface area contributed by atoms with Crippen LogP contribution in [0.4, 0.5) is 0 Å².